The number of likely N-dealkylation sites (tertiary alicyclic amines) is 1. The molecule has 4 rings (SSSR count). The molecule has 0 unspecified atom stereocenters. The topological polar surface area (TPSA) is 27.6 Å². The van der Waals surface area contributed by atoms with Crippen molar-refractivity contribution in [2.75, 3.05) is 25.5 Å². The molecule has 0 radical (unpaired) electrons. The Morgan fingerprint density at radius 1 is 1.07 bits per heavy atom. The number of aliphatic imine (C=N–C) groups is 1. The molecule has 3 nitrogen and oxygen atoms in total. The van der Waals surface area contributed by atoms with E-state index in [0.717, 1.165) is 54.5 Å². The number of hydrogen-bond donors (Lipinski definition) is 1. The van der Waals surface area contributed by atoms with Crippen molar-refractivity contribution in [3.05, 3.63) is 62.6 Å². The van der Waals surface area contributed by atoms with Crippen molar-refractivity contribution in [1.82, 2.24) is 4.90 Å². The quantitative estimate of drug-likeness (QED) is 0.650. The lowest BCUT2D eigenvalue weighted by atomic mass is 9.70. The molecule has 27 heavy (non-hydrogen) atoms. The van der Waals surface area contributed by atoms with Gasteiger partial charge in [0, 0.05) is 16.1 Å². The van der Waals surface area contributed by atoms with Crippen molar-refractivity contribution in [2.24, 2.45) is 10.4 Å². The Labute approximate surface area is 175 Å². The SMILES string of the molecule is CN1CCC2(CC1)Cc1cc(Cl)c(Cl)cc1NC2=NCc1cccc(Cl)c1. The fraction of sp³-hybridized carbons (Fsp3) is 0.381. The average molecular weight is 423 g/mol. The summed E-state index contributed by atoms with van der Waals surface area (Å²) in [5.74, 6) is 1.06. The average Bonchev–Trinajstić information content (AvgIpc) is 2.64. The maximum absolute atomic E-state index is 6.28. The highest BCUT2D eigenvalue weighted by atomic mass is 35.5. The molecule has 0 saturated carbocycles. The molecule has 1 fully saturated rings. The fourth-order valence-corrected chi connectivity index (χ4v) is 4.59. The summed E-state index contributed by atoms with van der Waals surface area (Å²) in [4.78, 5) is 7.38. The van der Waals surface area contributed by atoms with E-state index < -0.39 is 0 Å². The Kier molecular flexibility index (Phi) is 5.39. The van der Waals surface area contributed by atoms with E-state index in [0.29, 0.717) is 16.6 Å². The highest BCUT2D eigenvalue weighted by Gasteiger charge is 2.42. The molecule has 6 heteroatoms. The second-order valence-corrected chi connectivity index (χ2v) is 8.85. The molecule has 142 valence electrons. The van der Waals surface area contributed by atoms with Crippen molar-refractivity contribution < 1.29 is 0 Å². The number of nitrogens with zero attached hydrogens (tertiary/aromatic N) is 2. The number of anilines is 1. The normalized spacial score (nSPS) is 20.5. The summed E-state index contributed by atoms with van der Waals surface area (Å²) in [5.41, 5.74) is 3.36. The van der Waals surface area contributed by atoms with Gasteiger partial charge in [0.05, 0.1) is 16.6 Å². The first kappa shape index (κ1) is 19.1. The van der Waals surface area contributed by atoms with Gasteiger partial charge in [-0.25, -0.2) is 0 Å². The number of piperidine rings is 1. The summed E-state index contributed by atoms with van der Waals surface area (Å²) >= 11 is 18.7. The molecule has 2 aromatic carbocycles. The minimum Gasteiger partial charge on any atom is -0.343 e. The predicted octanol–water partition coefficient (Wildman–Crippen LogP) is 5.93. The van der Waals surface area contributed by atoms with E-state index in [1.165, 1.54) is 5.56 Å². The number of rotatable bonds is 2. The van der Waals surface area contributed by atoms with Crippen molar-refractivity contribution in [1.29, 1.82) is 0 Å². The molecule has 0 amide bonds. The monoisotopic (exact) mass is 421 g/mol. The third kappa shape index (κ3) is 3.97. The van der Waals surface area contributed by atoms with Gasteiger partial charge < -0.3 is 10.2 Å². The summed E-state index contributed by atoms with van der Waals surface area (Å²) in [6.07, 6.45) is 3.09. The van der Waals surface area contributed by atoms with Crippen LogP contribution in [0.3, 0.4) is 0 Å². The predicted molar refractivity (Wildman–Crippen MR) is 116 cm³/mol. The first-order valence-corrected chi connectivity index (χ1v) is 10.3. The lowest BCUT2D eigenvalue weighted by molar-refractivity contribution is 0.178. The van der Waals surface area contributed by atoms with Crippen LogP contribution in [0.4, 0.5) is 5.69 Å². The Morgan fingerprint density at radius 3 is 2.56 bits per heavy atom. The van der Waals surface area contributed by atoms with Crippen molar-refractivity contribution in [2.45, 2.75) is 25.8 Å². The van der Waals surface area contributed by atoms with Crippen LogP contribution in [0.2, 0.25) is 15.1 Å². The van der Waals surface area contributed by atoms with Gasteiger partial charge in [0.15, 0.2) is 0 Å². The van der Waals surface area contributed by atoms with Gasteiger partial charge >= 0.3 is 0 Å². The zero-order valence-electron chi connectivity index (χ0n) is 15.2. The van der Waals surface area contributed by atoms with E-state index in [1.807, 2.05) is 30.3 Å². The minimum absolute atomic E-state index is 0.0231. The zero-order chi connectivity index (χ0) is 19.0. The molecule has 2 aliphatic heterocycles. The minimum atomic E-state index is 0.0231. The standard InChI is InChI=1S/C21H22Cl3N3/c1-27-7-5-21(6-8-27)12-15-10-17(23)18(24)11-19(15)26-20(21)25-13-14-3-2-4-16(22)9-14/h2-4,9-11H,5-8,12-13H2,1H3,(H,25,26). The van der Waals surface area contributed by atoms with Gasteiger partial charge in [0.2, 0.25) is 0 Å². The molecule has 1 spiro atoms. The highest BCUT2D eigenvalue weighted by molar-refractivity contribution is 6.42. The van der Waals surface area contributed by atoms with Gasteiger partial charge in [0.1, 0.15) is 5.84 Å². The first-order chi connectivity index (χ1) is 12.9. The van der Waals surface area contributed by atoms with Gasteiger partial charge in [-0.2, -0.15) is 0 Å². The van der Waals surface area contributed by atoms with Gasteiger partial charge in [-0.15, -0.1) is 0 Å². The second kappa shape index (κ2) is 7.63. The van der Waals surface area contributed by atoms with Crippen LogP contribution < -0.4 is 5.32 Å². The summed E-state index contributed by atoms with van der Waals surface area (Å²) in [6.45, 7) is 2.74. The molecule has 0 aromatic heterocycles. The number of benzene rings is 2. The Hall–Kier alpha value is -1.26. The lowest BCUT2D eigenvalue weighted by Gasteiger charge is -2.45. The van der Waals surface area contributed by atoms with E-state index in [-0.39, 0.29) is 5.41 Å². The molecule has 0 aliphatic carbocycles. The van der Waals surface area contributed by atoms with Crippen molar-refractivity contribution in [3.8, 4) is 0 Å². The van der Waals surface area contributed by atoms with Crippen LogP contribution in [-0.2, 0) is 13.0 Å². The Morgan fingerprint density at radius 2 is 1.81 bits per heavy atom. The molecular weight excluding hydrogens is 401 g/mol. The van der Waals surface area contributed by atoms with Gasteiger partial charge in [0.25, 0.3) is 0 Å². The summed E-state index contributed by atoms with van der Waals surface area (Å²) in [6, 6.07) is 11.8. The third-order valence-electron chi connectivity index (χ3n) is 5.68. The number of halogens is 3. The highest BCUT2D eigenvalue weighted by Crippen LogP contribution is 2.44. The van der Waals surface area contributed by atoms with Crippen LogP contribution >= 0.6 is 34.8 Å². The third-order valence-corrected chi connectivity index (χ3v) is 6.64. The number of fused-ring (bicyclic) bond motifs is 1. The van der Waals surface area contributed by atoms with Crippen LogP contribution in [0.25, 0.3) is 0 Å². The van der Waals surface area contributed by atoms with E-state index in [2.05, 4.69) is 23.3 Å². The molecule has 0 atom stereocenters. The largest absolute Gasteiger partial charge is 0.343 e. The lowest BCUT2D eigenvalue weighted by Crippen LogP contribution is -2.49. The molecular formula is C21H22Cl3N3. The van der Waals surface area contributed by atoms with E-state index >= 15 is 0 Å². The van der Waals surface area contributed by atoms with Crippen LogP contribution in [0.1, 0.15) is 24.0 Å². The van der Waals surface area contributed by atoms with E-state index in [1.54, 1.807) is 0 Å². The van der Waals surface area contributed by atoms with Crippen LogP contribution in [0, 0.1) is 5.41 Å². The summed E-state index contributed by atoms with van der Waals surface area (Å²) in [5, 5.41) is 5.50. The molecule has 2 aromatic rings. The van der Waals surface area contributed by atoms with E-state index in [9.17, 15) is 0 Å². The number of nitrogens with one attached hydrogen (secondary N) is 1. The van der Waals surface area contributed by atoms with Crippen molar-refractivity contribution >= 4 is 46.3 Å². The molecule has 1 saturated heterocycles. The number of hydrogen-bond acceptors (Lipinski definition) is 2. The summed E-state index contributed by atoms with van der Waals surface area (Å²) < 4.78 is 0. The van der Waals surface area contributed by atoms with Gasteiger partial charge in [-0.3, -0.25) is 4.99 Å². The first-order valence-electron chi connectivity index (χ1n) is 9.18. The van der Waals surface area contributed by atoms with Crippen LogP contribution in [-0.4, -0.2) is 30.9 Å². The maximum atomic E-state index is 6.28. The Balaban J connectivity index is 1.69. The van der Waals surface area contributed by atoms with Gasteiger partial charge in [-0.1, -0.05) is 46.9 Å². The smallest absolute Gasteiger partial charge is 0.108 e. The molecule has 1 N–H and O–H groups in total. The second-order valence-electron chi connectivity index (χ2n) is 7.60. The van der Waals surface area contributed by atoms with Gasteiger partial charge in [-0.05, 0) is 74.8 Å². The van der Waals surface area contributed by atoms with Crippen LogP contribution in [0.15, 0.2) is 41.4 Å². The molecule has 2 aliphatic rings. The summed E-state index contributed by atoms with van der Waals surface area (Å²) in [7, 11) is 2.18. The maximum Gasteiger partial charge on any atom is 0.108 e. The molecule has 0 bridgehead atoms. The van der Waals surface area contributed by atoms with Crippen LogP contribution in [0.5, 0.6) is 0 Å². The molecule has 2 heterocycles. The van der Waals surface area contributed by atoms with Crippen molar-refractivity contribution in [3.63, 3.8) is 0 Å². The zero-order valence-corrected chi connectivity index (χ0v) is 17.5. The van der Waals surface area contributed by atoms with E-state index in [4.69, 9.17) is 39.8 Å². The Bertz CT molecular complexity index is 886. The number of amidine groups is 1. The fourth-order valence-electron chi connectivity index (χ4n) is 4.03.